The first-order valence-electron chi connectivity index (χ1n) is 5.18. The van der Waals surface area contributed by atoms with E-state index in [0.29, 0.717) is 4.96 Å². The zero-order valence-electron chi connectivity index (χ0n) is 9.37. The first-order valence-corrected chi connectivity index (χ1v) is 6.79. The number of hydrazine groups is 1. The molecule has 0 radical (unpaired) electrons. The summed E-state index contributed by atoms with van der Waals surface area (Å²) >= 11 is 4.72. The maximum Gasteiger partial charge on any atom is 0.304 e. The molecular formula is C10H7BrN6OS. The molecule has 2 heterocycles. The van der Waals surface area contributed by atoms with Gasteiger partial charge in [-0.15, -0.1) is 10.2 Å². The molecule has 0 spiro atoms. The standard InChI is InChI=1S/C10H7BrN6OS/c11-6-3-1-5(2-4-6)9-16-17-7(8(18)13-12)14-15-10(17)19-9/h1-4H,12H2,(H,13,18). The molecule has 7 nitrogen and oxygen atoms in total. The minimum Gasteiger partial charge on any atom is -0.287 e. The second kappa shape index (κ2) is 4.68. The topological polar surface area (TPSA) is 98.2 Å². The molecule has 0 bridgehead atoms. The van der Waals surface area contributed by atoms with Gasteiger partial charge < -0.3 is 0 Å². The minimum atomic E-state index is -0.528. The monoisotopic (exact) mass is 338 g/mol. The number of hydrogen-bond donors (Lipinski definition) is 2. The molecule has 3 aromatic rings. The van der Waals surface area contributed by atoms with Crippen LogP contribution in [-0.2, 0) is 0 Å². The summed E-state index contributed by atoms with van der Waals surface area (Å²) in [5, 5.41) is 12.7. The number of carbonyl (C=O) groups is 1. The lowest BCUT2D eigenvalue weighted by Crippen LogP contribution is -2.31. The Balaban J connectivity index is 2.09. The van der Waals surface area contributed by atoms with E-state index >= 15 is 0 Å². The van der Waals surface area contributed by atoms with Crippen LogP contribution < -0.4 is 11.3 Å². The van der Waals surface area contributed by atoms with Gasteiger partial charge in [-0.3, -0.25) is 10.2 Å². The maximum atomic E-state index is 11.5. The molecule has 1 amide bonds. The Bertz CT molecular complexity index is 749. The third-order valence-electron chi connectivity index (χ3n) is 2.42. The van der Waals surface area contributed by atoms with Gasteiger partial charge in [-0.1, -0.05) is 39.4 Å². The number of hydrogen-bond acceptors (Lipinski definition) is 6. The van der Waals surface area contributed by atoms with E-state index in [4.69, 9.17) is 5.84 Å². The van der Waals surface area contributed by atoms with Crippen molar-refractivity contribution in [1.82, 2.24) is 25.2 Å². The molecule has 0 saturated carbocycles. The average Bonchev–Trinajstić information content (AvgIpc) is 2.98. The Hall–Kier alpha value is -1.84. The largest absolute Gasteiger partial charge is 0.304 e. The quantitative estimate of drug-likeness (QED) is 0.416. The van der Waals surface area contributed by atoms with Crippen molar-refractivity contribution in [1.29, 1.82) is 0 Å². The Morgan fingerprint density at radius 2 is 2.05 bits per heavy atom. The molecule has 1 aromatic carbocycles. The fourth-order valence-corrected chi connectivity index (χ4v) is 2.64. The number of carbonyl (C=O) groups excluding carboxylic acids is 1. The molecular weight excluding hydrogens is 332 g/mol. The normalized spacial score (nSPS) is 10.8. The van der Waals surface area contributed by atoms with Crippen LogP contribution in [0.1, 0.15) is 10.6 Å². The summed E-state index contributed by atoms with van der Waals surface area (Å²) in [4.78, 5) is 12.0. The van der Waals surface area contributed by atoms with E-state index in [-0.39, 0.29) is 5.82 Å². The lowest BCUT2D eigenvalue weighted by atomic mass is 10.2. The summed E-state index contributed by atoms with van der Waals surface area (Å²) in [5.41, 5.74) is 2.95. The highest BCUT2D eigenvalue weighted by atomic mass is 79.9. The number of nitrogens with two attached hydrogens (primary N) is 1. The van der Waals surface area contributed by atoms with Crippen LogP contribution in [0.3, 0.4) is 0 Å². The molecule has 0 aliphatic carbocycles. The molecule has 0 saturated heterocycles. The third kappa shape index (κ3) is 2.11. The van der Waals surface area contributed by atoms with Crippen molar-refractivity contribution in [3.63, 3.8) is 0 Å². The van der Waals surface area contributed by atoms with Crippen molar-refractivity contribution in [2.75, 3.05) is 0 Å². The molecule has 96 valence electrons. The number of aromatic nitrogens is 4. The summed E-state index contributed by atoms with van der Waals surface area (Å²) in [6.45, 7) is 0. The first kappa shape index (κ1) is 12.2. The van der Waals surface area contributed by atoms with Gasteiger partial charge in [-0.25, -0.2) is 5.84 Å². The fourth-order valence-electron chi connectivity index (χ4n) is 1.53. The van der Waals surface area contributed by atoms with E-state index < -0.39 is 5.91 Å². The summed E-state index contributed by atoms with van der Waals surface area (Å²) in [5.74, 6) is 4.62. The number of nitrogens with one attached hydrogen (secondary N) is 1. The number of rotatable bonds is 2. The van der Waals surface area contributed by atoms with E-state index in [1.807, 2.05) is 29.7 Å². The summed E-state index contributed by atoms with van der Waals surface area (Å²) in [6.07, 6.45) is 0. The Morgan fingerprint density at radius 1 is 1.32 bits per heavy atom. The van der Waals surface area contributed by atoms with Crippen molar-refractivity contribution in [2.45, 2.75) is 0 Å². The van der Waals surface area contributed by atoms with Gasteiger partial charge in [-0.05, 0) is 12.1 Å². The molecule has 0 atom stereocenters. The van der Waals surface area contributed by atoms with Crippen LogP contribution >= 0.6 is 27.3 Å². The van der Waals surface area contributed by atoms with Crippen LogP contribution in [-0.4, -0.2) is 25.7 Å². The predicted molar refractivity (Wildman–Crippen MR) is 73.4 cm³/mol. The van der Waals surface area contributed by atoms with Gasteiger partial charge in [0.25, 0.3) is 0 Å². The predicted octanol–water partition coefficient (Wildman–Crippen LogP) is 1.22. The molecule has 19 heavy (non-hydrogen) atoms. The molecule has 9 heteroatoms. The fraction of sp³-hybridized carbons (Fsp3) is 0. The summed E-state index contributed by atoms with van der Waals surface area (Å²) in [7, 11) is 0. The highest BCUT2D eigenvalue weighted by Crippen LogP contribution is 2.26. The smallest absolute Gasteiger partial charge is 0.287 e. The van der Waals surface area contributed by atoms with Gasteiger partial charge >= 0.3 is 5.91 Å². The molecule has 3 rings (SSSR count). The Kier molecular flexibility index (Phi) is 3.01. The lowest BCUT2D eigenvalue weighted by Gasteiger charge is -1.95. The average molecular weight is 339 g/mol. The van der Waals surface area contributed by atoms with Crippen molar-refractivity contribution >= 4 is 38.1 Å². The van der Waals surface area contributed by atoms with Gasteiger partial charge in [-0.2, -0.15) is 9.61 Å². The van der Waals surface area contributed by atoms with Crippen molar-refractivity contribution in [3.8, 4) is 10.6 Å². The van der Waals surface area contributed by atoms with Crippen LogP contribution in [0.15, 0.2) is 28.7 Å². The van der Waals surface area contributed by atoms with Crippen molar-refractivity contribution < 1.29 is 4.79 Å². The SMILES string of the molecule is NNC(=O)c1nnc2sc(-c3ccc(Br)cc3)nn12. The van der Waals surface area contributed by atoms with E-state index in [2.05, 4.69) is 31.2 Å². The molecule has 2 aromatic heterocycles. The summed E-state index contributed by atoms with van der Waals surface area (Å²) in [6, 6.07) is 7.70. The third-order valence-corrected chi connectivity index (χ3v) is 3.89. The molecule has 0 aliphatic rings. The van der Waals surface area contributed by atoms with Crippen LogP contribution in [0.5, 0.6) is 0 Å². The zero-order valence-corrected chi connectivity index (χ0v) is 11.8. The van der Waals surface area contributed by atoms with E-state index in [9.17, 15) is 4.79 Å². The van der Waals surface area contributed by atoms with Gasteiger partial charge in [0.2, 0.25) is 10.8 Å². The highest BCUT2D eigenvalue weighted by molar-refractivity contribution is 9.10. The second-order valence-corrected chi connectivity index (χ2v) is 5.48. The maximum absolute atomic E-state index is 11.5. The van der Waals surface area contributed by atoms with Gasteiger partial charge in [0.05, 0.1) is 0 Å². The zero-order chi connectivity index (χ0) is 13.4. The highest BCUT2D eigenvalue weighted by Gasteiger charge is 2.17. The van der Waals surface area contributed by atoms with E-state index in [0.717, 1.165) is 15.0 Å². The molecule has 0 aliphatic heterocycles. The Morgan fingerprint density at radius 3 is 2.74 bits per heavy atom. The van der Waals surface area contributed by atoms with Crippen LogP contribution in [0.25, 0.3) is 15.5 Å². The number of halogens is 1. The van der Waals surface area contributed by atoms with Gasteiger partial charge in [0, 0.05) is 10.0 Å². The molecule has 0 unspecified atom stereocenters. The Labute approximate surface area is 119 Å². The van der Waals surface area contributed by atoms with Crippen LogP contribution in [0, 0.1) is 0 Å². The van der Waals surface area contributed by atoms with Crippen LogP contribution in [0.4, 0.5) is 0 Å². The second-order valence-electron chi connectivity index (χ2n) is 3.61. The van der Waals surface area contributed by atoms with E-state index in [1.165, 1.54) is 15.9 Å². The van der Waals surface area contributed by atoms with Crippen molar-refractivity contribution in [2.24, 2.45) is 5.84 Å². The number of amides is 1. The van der Waals surface area contributed by atoms with Gasteiger partial charge in [0.1, 0.15) is 5.01 Å². The number of fused-ring (bicyclic) bond motifs is 1. The summed E-state index contributed by atoms with van der Waals surface area (Å²) < 4.78 is 2.37. The van der Waals surface area contributed by atoms with E-state index in [1.54, 1.807) is 0 Å². The number of nitrogen functional groups attached to an aromatic ring is 1. The first-order chi connectivity index (χ1) is 9.19. The molecule has 3 N–H and O–H groups in total. The minimum absolute atomic E-state index is 0.0668. The number of nitrogens with zero attached hydrogens (tertiary/aromatic N) is 4. The van der Waals surface area contributed by atoms with Crippen LogP contribution in [0.2, 0.25) is 0 Å². The van der Waals surface area contributed by atoms with Crippen molar-refractivity contribution in [3.05, 3.63) is 34.6 Å². The molecule has 0 fully saturated rings. The van der Waals surface area contributed by atoms with Gasteiger partial charge in [0.15, 0.2) is 0 Å². The lowest BCUT2D eigenvalue weighted by molar-refractivity contribution is 0.0941. The number of benzene rings is 1.